The summed E-state index contributed by atoms with van der Waals surface area (Å²) in [5, 5.41) is 0.361. The predicted octanol–water partition coefficient (Wildman–Crippen LogP) is 3.19. The van der Waals surface area contributed by atoms with Crippen molar-refractivity contribution in [3.05, 3.63) is 10.6 Å². The van der Waals surface area contributed by atoms with Crippen LogP contribution >= 0.6 is 11.3 Å². The average Bonchev–Trinajstić information content (AvgIpc) is 3.04. The average molecular weight is 290 g/mol. The van der Waals surface area contributed by atoms with Gasteiger partial charge in [0.15, 0.2) is 10.9 Å². The summed E-state index contributed by atoms with van der Waals surface area (Å²) in [4.78, 5) is 17.9. The number of thiazole rings is 1. The van der Waals surface area contributed by atoms with E-state index in [0.717, 1.165) is 30.6 Å². The molecule has 3 rings (SSSR count). The number of carbonyl (C=O) groups excluding carboxylic acids is 1. The molecule has 3 nitrogen and oxygen atoms in total. The molecule has 0 unspecified atom stereocenters. The van der Waals surface area contributed by atoms with E-state index in [2.05, 4.69) is 4.98 Å². The van der Waals surface area contributed by atoms with Crippen molar-refractivity contribution in [1.29, 1.82) is 0 Å². The molecular weight excluding hydrogens is 277 g/mol. The number of fused-ring (bicyclic) bond motifs is 1. The minimum absolute atomic E-state index is 0.0211. The summed E-state index contributed by atoms with van der Waals surface area (Å²) in [5.41, 5.74) is 0.684. The summed E-state index contributed by atoms with van der Waals surface area (Å²) < 4.78 is 37.8. The third kappa shape index (κ3) is 2.75. The van der Waals surface area contributed by atoms with Gasteiger partial charge in [-0.1, -0.05) is 11.3 Å². The van der Waals surface area contributed by atoms with E-state index in [1.807, 2.05) is 0 Å². The molecule has 0 radical (unpaired) electrons. The third-order valence-electron chi connectivity index (χ3n) is 3.34. The zero-order valence-corrected chi connectivity index (χ0v) is 11.0. The zero-order valence-electron chi connectivity index (χ0n) is 10.2. The zero-order chi connectivity index (χ0) is 13.6. The van der Waals surface area contributed by atoms with Crippen molar-refractivity contribution in [2.75, 3.05) is 11.4 Å². The van der Waals surface area contributed by atoms with Crippen LogP contribution in [0.1, 0.15) is 41.0 Å². The number of Topliss-reactive ketones (excluding diaryl/α,β-unsaturated/α-hetero) is 1. The lowest BCUT2D eigenvalue weighted by molar-refractivity contribution is -0.120. The molecule has 104 valence electrons. The van der Waals surface area contributed by atoms with Crippen LogP contribution in [0.25, 0.3) is 0 Å². The maximum atomic E-state index is 12.6. The first kappa shape index (κ1) is 12.9. The number of carbonyl (C=O) groups is 1. The number of rotatable bonds is 3. The SMILES string of the molecule is O=C1CCCc2nc(N(CC(F)(F)F)C3CC3)sc21. The van der Waals surface area contributed by atoms with E-state index in [9.17, 15) is 18.0 Å². The summed E-state index contributed by atoms with van der Waals surface area (Å²) in [6, 6.07) is -0.0654. The van der Waals surface area contributed by atoms with Crippen LogP contribution in [0.2, 0.25) is 0 Å². The molecule has 1 fully saturated rings. The Morgan fingerprint density at radius 2 is 2.05 bits per heavy atom. The molecule has 0 bridgehead atoms. The van der Waals surface area contributed by atoms with Gasteiger partial charge in [0.05, 0.1) is 10.6 Å². The van der Waals surface area contributed by atoms with Gasteiger partial charge in [0.25, 0.3) is 0 Å². The molecule has 0 N–H and O–H groups in total. The van der Waals surface area contributed by atoms with Crippen LogP contribution in [0.15, 0.2) is 0 Å². The summed E-state index contributed by atoms with van der Waals surface area (Å²) in [7, 11) is 0. The van der Waals surface area contributed by atoms with E-state index in [0.29, 0.717) is 28.5 Å². The molecule has 2 aliphatic rings. The highest BCUT2D eigenvalue weighted by Gasteiger charge is 2.40. The van der Waals surface area contributed by atoms with E-state index >= 15 is 0 Å². The quantitative estimate of drug-likeness (QED) is 0.857. The van der Waals surface area contributed by atoms with E-state index in [1.165, 1.54) is 4.90 Å². The summed E-state index contributed by atoms with van der Waals surface area (Å²) in [6.45, 7) is -0.974. The number of aryl methyl sites for hydroxylation is 1. The third-order valence-corrected chi connectivity index (χ3v) is 4.52. The summed E-state index contributed by atoms with van der Waals surface area (Å²) >= 11 is 1.13. The summed E-state index contributed by atoms with van der Waals surface area (Å²) in [5.74, 6) is 0.0211. The van der Waals surface area contributed by atoms with Crippen LogP contribution in [0.3, 0.4) is 0 Å². The van der Waals surface area contributed by atoms with Gasteiger partial charge in [0, 0.05) is 12.5 Å². The highest BCUT2D eigenvalue weighted by molar-refractivity contribution is 7.17. The Bertz CT molecular complexity index is 508. The Morgan fingerprint density at radius 3 is 2.63 bits per heavy atom. The second-order valence-corrected chi connectivity index (χ2v) is 6.00. The van der Waals surface area contributed by atoms with Gasteiger partial charge in [0.2, 0.25) is 0 Å². The van der Waals surface area contributed by atoms with Crippen molar-refractivity contribution in [3.63, 3.8) is 0 Å². The van der Waals surface area contributed by atoms with Crippen molar-refractivity contribution < 1.29 is 18.0 Å². The van der Waals surface area contributed by atoms with Crippen molar-refractivity contribution in [2.45, 2.75) is 44.3 Å². The predicted molar refractivity (Wildman–Crippen MR) is 65.8 cm³/mol. The molecule has 0 amide bonds. The maximum absolute atomic E-state index is 12.6. The largest absolute Gasteiger partial charge is 0.406 e. The van der Waals surface area contributed by atoms with Gasteiger partial charge in [-0.15, -0.1) is 0 Å². The molecule has 0 aromatic carbocycles. The van der Waals surface area contributed by atoms with Crippen LogP contribution in [-0.2, 0) is 6.42 Å². The smallest absolute Gasteiger partial charge is 0.336 e. The first-order valence-electron chi connectivity index (χ1n) is 6.30. The molecule has 0 spiro atoms. The lowest BCUT2D eigenvalue weighted by Crippen LogP contribution is -2.35. The van der Waals surface area contributed by atoms with Gasteiger partial charge >= 0.3 is 6.18 Å². The number of ketones is 1. The van der Waals surface area contributed by atoms with Crippen molar-refractivity contribution in [3.8, 4) is 0 Å². The first-order valence-corrected chi connectivity index (χ1v) is 7.12. The number of halogens is 3. The molecule has 1 saturated carbocycles. The molecule has 0 atom stereocenters. The number of anilines is 1. The van der Waals surface area contributed by atoms with Crippen LogP contribution in [-0.4, -0.2) is 29.5 Å². The van der Waals surface area contributed by atoms with Gasteiger partial charge in [-0.05, 0) is 25.7 Å². The van der Waals surface area contributed by atoms with Gasteiger partial charge in [-0.2, -0.15) is 13.2 Å². The second-order valence-electron chi connectivity index (χ2n) is 5.02. The standard InChI is InChI=1S/C12H13F3N2OS/c13-12(14,15)6-17(7-4-5-7)11-16-8-2-1-3-9(18)10(8)19-11/h7H,1-6H2. The molecule has 19 heavy (non-hydrogen) atoms. The van der Waals surface area contributed by atoms with Gasteiger partial charge < -0.3 is 4.90 Å². The van der Waals surface area contributed by atoms with Crippen molar-refractivity contribution in [1.82, 2.24) is 4.98 Å². The molecular formula is C12H13F3N2OS. The van der Waals surface area contributed by atoms with E-state index < -0.39 is 12.7 Å². The molecule has 2 aliphatic carbocycles. The number of alkyl halides is 3. The van der Waals surface area contributed by atoms with E-state index in [1.54, 1.807) is 0 Å². The molecule has 0 saturated heterocycles. The minimum Gasteiger partial charge on any atom is -0.336 e. The maximum Gasteiger partial charge on any atom is 0.406 e. The van der Waals surface area contributed by atoms with Crippen LogP contribution in [0.4, 0.5) is 18.3 Å². The monoisotopic (exact) mass is 290 g/mol. The first-order chi connectivity index (χ1) is 8.94. The number of hydrogen-bond acceptors (Lipinski definition) is 4. The number of aromatic nitrogens is 1. The van der Waals surface area contributed by atoms with E-state index in [4.69, 9.17) is 0 Å². The number of nitrogens with zero attached hydrogens (tertiary/aromatic N) is 2. The highest BCUT2D eigenvalue weighted by Crippen LogP contribution is 2.39. The lowest BCUT2D eigenvalue weighted by atomic mass is 10.0. The Kier molecular flexibility index (Phi) is 3.03. The Morgan fingerprint density at radius 1 is 1.32 bits per heavy atom. The van der Waals surface area contributed by atoms with Gasteiger partial charge in [-0.25, -0.2) is 4.98 Å². The number of hydrogen-bond donors (Lipinski definition) is 0. The lowest BCUT2D eigenvalue weighted by Gasteiger charge is -2.22. The molecule has 0 aliphatic heterocycles. The topological polar surface area (TPSA) is 33.2 Å². The minimum atomic E-state index is -4.24. The van der Waals surface area contributed by atoms with Crippen molar-refractivity contribution in [2.24, 2.45) is 0 Å². The van der Waals surface area contributed by atoms with Crippen LogP contribution < -0.4 is 4.90 Å². The van der Waals surface area contributed by atoms with E-state index in [-0.39, 0.29) is 11.8 Å². The fourth-order valence-electron chi connectivity index (χ4n) is 2.31. The summed E-state index contributed by atoms with van der Waals surface area (Å²) in [6.07, 6.45) is -0.765. The van der Waals surface area contributed by atoms with Crippen LogP contribution in [0, 0.1) is 0 Å². The highest BCUT2D eigenvalue weighted by atomic mass is 32.1. The van der Waals surface area contributed by atoms with Crippen molar-refractivity contribution >= 4 is 22.3 Å². The Labute approximate surface area is 112 Å². The Balaban J connectivity index is 1.88. The van der Waals surface area contributed by atoms with Gasteiger partial charge in [0.1, 0.15) is 6.54 Å². The fraction of sp³-hybridized carbons (Fsp3) is 0.667. The normalized spacial score (nSPS) is 19.4. The second kappa shape index (κ2) is 4.47. The molecule has 1 aromatic rings. The Hall–Kier alpha value is -1.11. The van der Waals surface area contributed by atoms with Gasteiger partial charge in [-0.3, -0.25) is 4.79 Å². The molecule has 1 heterocycles. The fourth-order valence-corrected chi connectivity index (χ4v) is 3.46. The molecule has 7 heteroatoms. The molecule has 1 aromatic heterocycles. The van der Waals surface area contributed by atoms with Crippen LogP contribution in [0.5, 0.6) is 0 Å².